The van der Waals surface area contributed by atoms with Gasteiger partial charge in [-0.2, -0.15) is 0 Å². The van der Waals surface area contributed by atoms with Crippen molar-refractivity contribution in [3.05, 3.63) is 32.0 Å². The lowest BCUT2D eigenvalue weighted by molar-refractivity contribution is -0.124. The maximum atomic E-state index is 13.1. The lowest BCUT2D eigenvalue weighted by Gasteiger charge is -2.14. The first kappa shape index (κ1) is 28.8. The number of hydrogen-bond acceptors (Lipinski definition) is 12. The summed E-state index contributed by atoms with van der Waals surface area (Å²) in [5.74, 6) is -1.12. The highest BCUT2D eigenvalue weighted by molar-refractivity contribution is 8.29. The SMILES string of the molecule is Cc1csc(NC(=O)CCCN2C(=O)/C(=C3\SC(=S)N(CCCC(=O)Nc4nc(C)cs4)C3=O)SC2=S)n1. The first-order valence-corrected chi connectivity index (χ1v) is 15.6. The van der Waals surface area contributed by atoms with E-state index in [2.05, 4.69) is 20.6 Å². The summed E-state index contributed by atoms with van der Waals surface area (Å²) in [5.41, 5.74) is 1.67. The molecule has 0 saturated carbocycles. The molecule has 0 aliphatic carbocycles. The summed E-state index contributed by atoms with van der Waals surface area (Å²) in [4.78, 5) is 62.2. The number of carbonyl (C=O) groups is 4. The molecule has 10 nitrogen and oxygen atoms in total. The summed E-state index contributed by atoms with van der Waals surface area (Å²) < 4.78 is 0.667. The lowest BCUT2D eigenvalue weighted by atomic mass is 10.2. The Kier molecular flexibility index (Phi) is 9.64. The van der Waals surface area contributed by atoms with Gasteiger partial charge in [-0.25, -0.2) is 9.97 Å². The third kappa shape index (κ3) is 7.04. The molecule has 4 rings (SSSR count). The van der Waals surface area contributed by atoms with Crippen LogP contribution in [-0.4, -0.2) is 65.1 Å². The number of amides is 4. The van der Waals surface area contributed by atoms with E-state index in [4.69, 9.17) is 24.4 Å². The van der Waals surface area contributed by atoms with Gasteiger partial charge in [0.25, 0.3) is 11.8 Å². The van der Waals surface area contributed by atoms with Gasteiger partial charge in [-0.3, -0.25) is 29.0 Å². The number of nitrogens with one attached hydrogen (secondary N) is 2. The van der Waals surface area contributed by atoms with Crippen molar-refractivity contribution >= 4 is 113 Å². The van der Waals surface area contributed by atoms with Crippen molar-refractivity contribution in [3.63, 3.8) is 0 Å². The minimum Gasteiger partial charge on any atom is -0.302 e. The van der Waals surface area contributed by atoms with Crippen molar-refractivity contribution in [1.82, 2.24) is 19.8 Å². The van der Waals surface area contributed by atoms with E-state index >= 15 is 0 Å². The van der Waals surface area contributed by atoms with E-state index in [9.17, 15) is 19.2 Å². The van der Waals surface area contributed by atoms with Crippen LogP contribution < -0.4 is 10.6 Å². The summed E-state index contributed by atoms with van der Waals surface area (Å²) in [7, 11) is 0. The summed E-state index contributed by atoms with van der Waals surface area (Å²) in [6.45, 7) is 4.21. The monoisotopic (exact) mass is 626 g/mol. The number of aryl methyl sites for hydroxylation is 2. The van der Waals surface area contributed by atoms with E-state index in [1.54, 1.807) is 0 Å². The Morgan fingerprint density at radius 3 is 1.53 bits per heavy atom. The van der Waals surface area contributed by atoms with Gasteiger partial charge in [-0.15, -0.1) is 22.7 Å². The predicted molar refractivity (Wildman–Crippen MR) is 160 cm³/mol. The molecule has 4 amide bonds. The average Bonchev–Trinajstić information content (AvgIpc) is 3.59. The van der Waals surface area contributed by atoms with E-state index in [0.717, 1.165) is 34.9 Å². The summed E-state index contributed by atoms with van der Waals surface area (Å²) in [6, 6.07) is 0. The van der Waals surface area contributed by atoms with Crippen molar-refractivity contribution in [2.75, 3.05) is 23.7 Å². The van der Waals surface area contributed by atoms with Crippen LogP contribution in [0.25, 0.3) is 0 Å². The van der Waals surface area contributed by atoms with E-state index in [1.165, 1.54) is 32.5 Å². The molecule has 2 aliphatic rings. The number of nitrogens with zero attached hydrogens (tertiary/aromatic N) is 4. The number of hydrogen-bond donors (Lipinski definition) is 2. The molecule has 0 spiro atoms. The van der Waals surface area contributed by atoms with Gasteiger partial charge < -0.3 is 10.6 Å². The smallest absolute Gasteiger partial charge is 0.267 e. The molecule has 16 heteroatoms. The van der Waals surface area contributed by atoms with Crippen LogP contribution in [0.3, 0.4) is 0 Å². The fraction of sp³-hybridized carbons (Fsp3) is 0.364. The third-order valence-corrected chi connectivity index (χ3v) is 9.98. The molecule has 4 heterocycles. The Labute approximate surface area is 246 Å². The normalized spacial score (nSPS) is 17.6. The Morgan fingerprint density at radius 2 is 1.18 bits per heavy atom. The molecule has 2 fully saturated rings. The first-order valence-electron chi connectivity index (χ1n) is 11.4. The number of thiazole rings is 2. The minimum absolute atomic E-state index is 0.193. The fourth-order valence-corrected chi connectivity index (χ4v) is 7.62. The van der Waals surface area contributed by atoms with Crippen molar-refractivity contribution in [1.29, 1.82) is 0 Å². The second-order valence-electron chi connectivity index (χ2n) is 8.20. The summed E-state index contributed by atoms with van der Waals surface area (Å²) in [5, 5.41) is 10.2. The summed E-state index contributed by atoms with van der Waals surface area (Å²) >= 11 is 15.6. The second kappa shape index (κ2) is 12.7. The molecule has 38 heavy (non-hydrogen) atoms. The average molecular weight is 627 g/mol. The van der Waals surface area contributed by atoms with Crippen LogP contribution in [0, 0.1) is 13.8 Å². The van der Waals surface area contributed by atoms with Crippen LogP contribution in [0.2, 0.25) is 0 Å². The fourth-order valence-electron chi connectivity index (χ4n) is 3.44. The van der Waals surface area contributed by atoms with Crippen LogP contribution in [0.15, 0.2) is 20.6 Å². The molecule has 2 N–H and O–H groups in total. The highest BCUT2D eigenvalue weighted by Gasteiger charge is 2.41. The van der Waals surface area contributed by atoms with Crippen LogP contribution in [0.5, 0.6) is 0 Å². The molecule has 0 bridgehead atoms. The number of rotatable bonds is 10. The Balaban J connectivity index is 1.27. The zero-order valence-electron chi connectivity index (χ0n) is 20.3. The Morgan fingerprint density at radius 1 is 0.789 bits per heavy atom. The van der Waals surface area contributed by atoms with Crippen LogP contribution in [0.1, 0.15) is 37.1 Å². The van der Waals surface area contributed by atoms with Crippen molar-refractivity contribution in [2.45, 2.75) is 39.5 Å². The van der Waals surface area contributed by atoms with Gasteiger partial charge in [0.1, 0.15) is 8.64 Å². The molecule has 2 aliphatic heterocycles. The predicted octanol–water partition coefficient (Wildman–Crippen LogP) is 4.29. The zero-order valence-corrected chi connectivity index (χ0v) is 25.2. The van der Waals surface area contributed by atoms with Gasteiger partial charge in [-0.1, -0.05) is 48.0 Å². The molecular formula is C22H22N6O4S6. The number of aromatic nitrogens is 2. The van der Waals surface area contributed by atoms with E-state index in [-0.39, 0.29) is 59.4 Å². The molecule has 2 saturated heterocycles. The van der Waals surface area contributed by atoms with Crippen LogP contribution >= 0.6 is 70.6 Å². The quantitative estimate of drug-likeness (QED) is 0.292. The highest BCUT2D eigenvalue weighted by atomic mass is 32.2. The second-order valence-corrected chi connectivity index (χ2v) is 13.2. The Hall–Kier alpha value is -2.24. The largest absolute Gasteiger partial charge is 0.302 e. The van der Waals surface area contributed by atoms with Crippen LogP contribution in [0.4, 0.5) is 10.3 Å². The first-order chi connectivity index (χ1) is 18.1. The number of carbonyl (C=O) groups excluding carboxylic acids is 4. The third-order valence-electron chi connectivity index (χ3n) is 5.21. The molecule has 0 aromatic carbocycles. The Bertz CT molecular complexity index is 1250. The van der Waals surface area contributed by atoms with Crippen molar-refractivity contribution in [2.24, 2.45) is 0 Å². The van der Waals surface area contributed by atoms with Crippen molar-refractivity contribution in [3.8, 4) is 0 Å². The van der Waals surface area contributed by atoms with Gasteiger partial charge in [0.05, 0.1) is 21.2 Å². The van der Waals surface area contributed by atoms with Gasteiger partial charge in [0.2, 0.25) is 11.8 Å². The van der Waals surface area contributed by atoms with E-state index in [0.29, 0.717) is 31.7 Å². The van der Waals surface area contributed by atoms with Crippen molar-refractivity contribution < 1.29 is 19.2 Å². The topological polar surface area (TPSA) is 125 Å². The molecule has 200 valence electrons. The molecule has 2 aromatic heterocycles. The lowest BCUT2D eigenvalue weighted by Crippen LogP contribution is -2.31. The van der Waals surface area contributed by atoms with Gasteiger partial charge >= 0.3 is 0 Å². The van der Waals surface area contributed by atoms with E-state index < -0.39 is 0 Å². The maximum absolute atomic E-state index is 13.1. The van der Waals surface area contributed by atoms with E-state index in [1.807, 2.05) is 24.6 Å². The molecule has 0 unspecified atom stereocenters. The number of thioether (sulfide) groups is 2. The zero-order chi connectivity index (χ0) is 27.4. The summed E-state index contributed by atoms with van der Waals surface area (Å²) in [6.07, 6.45) is 1.20. The highest BCUT2D eigenvalue weighted by Crippen LogP contribution is 2.42. The molecule has 0 radical (unpaired) electrons. The number of thiocarbonyl (C=S) groups is 2. The molecular weight excluding hydrogens is 605 g/mol. The molecule has 0 atom stereocenters. The molecule has 2 aromatic rings. The standard InChI is InChI=1S/C22H22N6O4S6/c1-11-9-35-19(23-11)25-13(29)5-3-7-27-17(31)15(37-21(27)33)16-18(32)28(22(34)38-16)8-4-6-14(30)26-20-24-12(2)10-36-20/h9-10H,3-8H2,1-2H3,(H,23,25,29)(H,24,26,30)/b16-15+. The number of anilines is 2. The maximum Gasteiger partial charge on any atom is 0.267 e. The van der Waals surface area contributed by atoms with Gasteiger partial charge in [0, 0.05) is 36.7 Å². The minimum atomic E-state index is -0.366. The van der Waals surface area contributed by atoms with Gasteiger partial charge in [0.15, 0.2) is 10.3 Å². The van der Waals surface area contributed by atoms with Crippen LogP contribution in [-0.2, 0) is 19.2 Å². The van der Waals surface area contributed by atoms with Gasteiger partial charge in [-0.05, 0) is 26.7 Å².